The van der Waals surface area contributed by atoms with Gasteiger partial charge in [-0.1, -0.05) is 53.2 Å². The van der Waals surface area contributed by atoms with Crippen LogP contribution >= 0.6 is 0 Å². The highest BCUT2D eigenvalue weighted by Gasteiger charge is 2.70. The van der Waals surface area contributed by atoms with Gasteiger partial charge in [-0.25, -0.2) is 0 Å². The Morgan fingerprint density at radius 3 is 2.36 bits per heavy atom. The molecule has 36 heavy (non-hydrogen) atoms. The summed E-state index contributed by atoms with van der Waals surface area (Å²) >= 11 is 0. The zero-order valence-corrected chi connectivity index (χ0v) is 23.6. The van der Waals surface area contributed by atoms with Gasteiger partial charge in [0.15, 0.2) is 0 Å². The van der Waals surface area contributed by atoms with Gasteiger partial charge in [-0.05, 0) is 97.2 Å². The number of ether oxygens (including phenoxy) is 1. The van der Waals surface area contributed by atoms with Crippen molar-refractivity contribution in [3.63, 3.8) is 0 Å². The Morgan fingerprint density at radius 2 is 1.72 bits per heavy atom. The maximum atomic E-state index is 13.4. The van der Waals surface area contributed by atoms with Gasteiger partial charge >= 0.3 is 5.97 Å². The van der Waals surface area contributed by atoms with Gasteiger partial charge in [0, 0.05) is 5.41 Å². The molecule has 5 nitrogen and oxygen atoms in total. The number of aliphatic hydroxyl groups excluding tert-OH is 3. The third kappa shape index (κ3) is 3.03. The van der Waals surface area contributed by atoms with Crippen molar-refractivity contribution in [3.05, 3.63) is 11.6 Å². The standard InChI is InChI=1S/C31H50O5/c1-18-10-13-31(26(35)36-7)15-14-29(5)20(24(31)19(18)2)8-9-23-27(3)16-21(33)25(34)28(4,17-32)22(27)11-12-30(23,29)6/h8,18-19,21-25,32-34H,9-17H2,1-7H3. The summed E-state index contributed by atoms with van der Waals surface area (Å²) in [5, 5.41) is 32.5. The van der Waals surface area contributed by atoms with Crippen LogP contribution in [0, 0.1) is 56.7 Å². The summed E-state index contributed by atoms with van der Waals surface area (Å²) in [7, 11) is 1.56. The number of carbonyl (C=O) groups is 1. The molecule has 0 aromatic rings. The van der Waals surface area contributed by atoms with Crippen molar-refractivity contribution < 1.29 is 24.9 Å². The van der Waals surface area contributed by atoms with E-state index in [4.69, 9.17) is 4.74 Å². The van der Waals surface area contributed by atoms with Crippen LogP contribution in [0.2, 0.25) is 0 Å². The largest absolute Gasteiger partial charge is 0.469 e. The molecule has 0 aromatic carbocycles. The molecule has 0 heterocycles. The molecule has 5 rings (SSSR count). The molecule has 0 saturated heterocycles. The lowest BCUT2D eigenvalue weighted by Crippen LogP contribution is -2.68. The molecule has 5 aliphatic carbocycles. The minimum atomic E-state index is -0.893. The smallest absolute Gasteiger partial charge is 0.312 e. The van der Waals surface area contributed by atoms with E-state index in [1.54, 1.807) is 7.11 Å². The first-order chi connectivity index (χ1) is 16.8. The average Bonchev–Trinajstić information content (AvgIpc) is 2.84. The van der Waals surface area contributed by atoms with E-state index in [0.29, 0.717) is 24.2 Å². The predicted octanol–water partition coefficient (Wildman–Crippen LogP) is 5.12. The number of rotatable bonds is 2. The first kappa shape index (κ1) is 26.7. The number of allylic oxidation sites excluding steroid dienone is 2. The average molecular weight is 503 g/mol. The van der Waals surface area contributed by atoms with Crippen LogP contribution in [-0.2, 0) is 9.53 Å². The molecular weight excluding hydrogens is 452 g/mol. The topological polar surface area (TPSA) is 87.0 Å². The van der Waals surface area contributed by atoms with E-state index in [1.807, 2.05) is 6.92 Å². The number of hydrogen-bond acceptors (Lipinski definition) is 5. The first-order valence-corrected chi connectivity index (χ1v) is 14.5. The first-order valence-electron chi connectivity index (χ1n) is 14.5. The Kier molecular flexibility index (Phi) is 6.15. The van der Waals surface area contributed by atoms with Gasteiger partial charge in [0.2, 0.25) is 0 Å². The van der Waals surface area contributed by atoms with E-state index in [0.717, 1.165) is 44.9 Å². The highest BCUT2D eigenvalue weighted by atomic mass is 16.5. The highest BCUT2D eigenvalue weighted by Crippen LogP contribution is 2.75. The quantitative estimate of drug-likeness (QED) is 0.360. The lowest BCUT2D eigenvalue weighted by molar-refractivity contribution is -0.244. The number of fused-ring (bicyclic) bond motifs is 7. The summed E-state index contributed by atoms with van der Waals surface area (Å²) in [5.41, 5.74) is 0.240. The molecule has 5 heteroatoms. The molecule has 0 radical (unpaired) electrons. The summed E-state index contributed by atoms with van der Waals surface area (Å²) in [5.74, 6) is 1.73. The van der Waals surface area contributed by atoms with Gasteiger partial charge in [0.05, 0.1) is 31.3 Å². The van der Waals surface area contributed by atoms with E-state index in [9.17, 15) is 20.1 Å². The molecule has 0 bridgehead atoms. The number of aliphatic hydroxyl groups is 3. The summed E-state index contributed by atoms with van der Waals surface area (Å²) in [6.45, 7) is 13.9. The Hall–Kier alpha value is -0.910. The fraction of sp³-hybridized carbons (Fsp3) is 0.903. The van der Waals surface area contributed by atoms with E-state index in [1.165, 1.54) is 5.57 Å². The minimum Gasteiger partial charge on any atom is -0.469 e. The Morgan fingerprint density at radius 1 is 1.03 bits per heavy atom. The monoisotopic (exact) mass is 502 g/mol. The van der Waals surface area contributed by atoms with Crippen LogP contribution in [-0.4, -0.2) is 47.2 Å². The molecule has 0 aliphatic heterocycles. The molecule has 12 atom stereocenters. The van der Waals surface area contributed by atoms with Gasteiger partial charge in [-0.2, -0.15) is 0 Å². The van der Waals surface area contributed by atoms with Crippen molar-refractivity contribution in [1.82, 2.24) is 0 Å². The molecule has 3 N–H and O–H groups in total. The highest BCUT2D eigenvalue weighted by molar-refractivity contribution is 5.78. The van der Waals surface area contributed by atoms with Crippen LogP contribution in [0.4, 0.5) is 0 Å². The molecular formula is C31H50O5. The van der Waals surface area contributed by atoms with Crippen molar-refractivity contribution in [1.29, 1.82) is 0 Å². The second kappa shape index (κ2) is 8.29. The van der Waals surface area contributed by atoms with Crippen LogP contribution in [0.1, 0.15) is 92.9 Å². The van der Waals surface area contributed by atoms with Crippen molar-refractivity contribution >= 4 is 5.97 Å². The van der Waals surface area contributed by atoms with Crippen LogP contribution in [0.15, 0.2) is 11.6 Å². The number of esters is 1. The van der Waals surface area contributed by atoms with Crippen LogP contribution < -0.4 is 0 Å². The number of carbonyl (C=O) groups excluding carboxylic acids is 1. The van der Waals surface area contributed by atoms with Gasteiger partial charge < -0.3 is 20.1 Å². The lowest BCUT2D eigenvalue weighted by Gasteiger charge is -2.71. The maximum absolute atomic E-state index is 13.4. The molecule has 12 unspecified atom stereocenters. The van der Waals surface area contributed by atoms with E-state index >= 15 is 0 Å². The summed E-state index contributed by atoms with van der Waals surface area (Å²) in [6.07, 6.45) is 8.18. The summed E-state index contributed by atoms with van der Waals surface area (Å²) < 4.78 is 5.48. The molecule has 204 valence electrons. The predicted molar refractivity (Wildman–Crippen MR) is 140 cm³/mol. The molecule has 0 spiro atoms. The van der Waals surface area contributed by atoms with E-state index in [-0.39, 0.29) is 40.7 Å². The zero-order valence-electron chi connectivity index (χ0n) is 23.6. The third-order valence-electron chi connectivity index (χ3n) is 13.7. The normalized spacial score (nSPS) is 56.4. The van der Waals surface area contributed by atoms with Crippen molar-refractivity contribution in [2.75, 3.05) is 13.7 Å². The second-order valence-electron chi connectivity index (χ2n) is 14.7. The molecule has 4 saturated carbocycles. The minimum absolute atomic E-state index is 0.0137. The van der Waals surface area contributed by atoms with Gasteiger partial charge in [0.25, 0.3) is 0 Å². The van der Waals surface area contributed by atoms with Crippen LogP contribution in [0.3, 0.4) is 0 Å². The molecule has 0 aromatic heterocycles. The fourth-order valence-corrected chi connectivity index (χ4v) is 11.2. The van der Waals surface area contributed by atoms with Crippen molar-refractivity contribution in [2.24, 2.45) is 56.7 Å². The molecule has 0 amide bonds. The molecule has 5 aliphatic rings. The second-order valence-corrected chi connectivity index (χ2v) is 14.7. The fourth-order valence-electron chi connectivity index (χ4n) is 11.2. The zero-order chi connectivity index (χ0) is 26.5. The van der Waals surface area contributed by atoms with Crippen molar-refractivity contribution in [3.8, 4) is 0 Å². The SMILES string of the molecule is COC(=O)C12CCC(C)C(C)C1C1=CCC3C4(C)CC(O)C(O)C(C)(CO)C4CCC3(C)C1(C)CC2. The Balaban J connectivity index is 1.62. The van der Waals surface area contributed by atoms with Gasteiger partial charge in [-0.15, -0.1) is 0 Å². The Labute approximate surface area is 218 Å². The van der Waals surface area contributed by atoms with Crippen LogP contribution in [0.25, 0.3) is 0 Å². The van der Waals surface area contributed by atoms with E-state index in [2.05, 4.69) is 40.7 Å². The Bertz CT molecular complexity index is 945. The summed E-state index contributed by atoms with van der Waals surface area (Å²) in [4.78, 5) is 13.4. The van der Waals surface area contributed by atoms with Gasteiger partial charge in [0.1, 0.15) is 0 Å². The molecule has 4 fully saturated rings. The third-order valence-corrected chi connectivity index (χ3v) is 13.7. The maximum Gasteiger partial charge on any atom is 0.312 e. The lowest BCUT2D eigenvalue weighted by atomic mass is 9.33. The van der Waals surface area contributed by atoms with E-state index < -0.39 is 23.0 Å². The number of hydrogen-bond donors (Lipinski definition) is 3. The summed E-state index contributed by atoms with van der Waals surface area (Å²) in [6, 6.07) is 0. The number of methoxy groups -OCH3 is 1. The van der Waals surface area contributed by atoms with Gasteiger partial charge in [-0.3, -0.25) is 4.79 Å². The van der Waals surface area contributed by atoms with Crippen molar-refractivity contribution in [2.45, 2.75) is 105 Å². The van der Waals surface area contributed by atoms with Crippen LogP contribution in [0.5, 0.6) is 0 Å².